The van der Waals surface area contributed by atoms with E-state index >= 15 is 0 Å². The van der Waals surface area contributed by atoms with Gasteiger partial charge in [-0.15, -0.1) is 0 Å². The molecule has 0 atom stereocenters. The van der Waals surface area contributed by atoms with E-state index in [4.69, 9.17) is 16.3 Å². The molecule has 1 aliphatic rings. The molecular weight excluding hydrogens is 311 g/mol. The summed E-state index contributed by atoms with van der Waals surface area (Å²) in [5, 5.41) is 3.79. The Morgan fingerprint density at radius 2 is 2.10 bits per heavy atom. The van der Waals surface area contributed by atoms with E-state index in [1.807, 2.05) is 6.07 Å². The van der Waals surface area contributed by atoms with Crippen LogP contribution in [0, 0.1) is 0 Å². The second kappa shape index (κ2) is 6.91. The van der Waals surface area contributed by atoms with E-state index in [2.05, 4.69) is 5.32 Å². The predicted molar refractivity (Wildman–Crippen MR) is 75.3 cm³/mol. The summed E-state index contributed by atoms with van der Waals surface area (Å²) < 4.78 is 41.1. The average Bonchev–Trinajstić information content (AvgIpc) is 3.17. The highest BCUT2D eigenvalue weighted by Crippen LogP contribution is 2.31. The molecule has 0 bridgehead atoms. The Bertz CT molecular complexity index is 452. The fraction of sp³-hybridized carbons (Fsp3) is 0.538. The van der Waals surface area contributed by atoms with Gasteiger partial charge in [-0.3, -0.25) is 0 Å². The van der Waals surface area contributed by atoms with Gasteiger partial charge in [0.25, 0.3) is 0 Å². The van der Waals surface area contributed by atoms with Crippen LogP contribution in [0.2, 0.25) is 5.02 Å². The number of thioether (sulfide) groups is 1. The number of hydrogen-bond donors (Lipinski definition) is 1. The minimum atomic E-state index is -4.22. The number of nitrogens with one attached hydrogen (secondary N) is 1. The molecule has 2 rings (SSSR count). The van der Waals surface area contributed by atoms with Gasteiger partial charge in [0.2, 0.25) is 0 Å². The number of benzene rings is 1. The molecule has 7 heteroatoms. The fourth-order valence-electron chi connectivity index (χ4n) is 1.63. The van der Waals surface area contributed by atoms with Crippen LogP contribution in [0.15, 0.2) is 18.2 Å². The normalized spacial score (nSPS) is 15.4. The minimum Gasteiger partial charge on any atom is -0.491 e. The van der Waals surface area contributed by atoms with Crippen LogP contribution in [0.3, 0.4) is 0 Å². The zero-order chi connectivity index (χ0) is 14.6. The van der Waals surface area contributed by atoms with Gasteiger partial charge in [-0.25, -0.2) is 0 Å². The lowest BCUT2D eigenvalue weighted by atomic mass is 10.2. The molecule has 112 valence electrons. The van der Waals surface area contributed by atoms with Gasteiger partial charge in [0.15, 0.2) is 0 Å². The first-order chi connectivity index (χ1) is 9.44. The number of hydrogen-bond acceptors (Lipinski definition) is 3. The number of alkyl halides is 3. The summed E-state index contributed by atoms with van der Waals surface area (Å²) in [6, 6.07) is 5.96. The number of ether oxygens (including phenoxy) is 1. The van der Waals surface area contributed by atoms with E-state index in [0.717, 1.165) is 12.1 Å². The van der Waals surface area contributed by atoms with Gasteiger partial charge in [-0.1, -0.05) is 17.7 Å². The molecule has 0 radical (unpaired) electrons. The van der Waals surface area contributed by atoms with E-state index in [-0.39, 0.29) is 24.1 Å². The van der Waals surface area contributed by atoms with Gasteiger partial charge in [0, 0.05) is 18.3 Å². The standard InChI is InChI=1S/C13H15ClF3NOS/c14-11-7-9(8-18-10-2-3-10)1-4-12(11)19-5-6-20-13(15,16)17/h1,4,7,10,18H,2-3,5-6,8H2. The van der Waals surface area contributed by atoms with E-state index in [0.29, 0.717) is 16.8 Å². The summed E-state index contributed by atoms with van der Waals surface area (Å²) in [4.78, 5) is 0. The number of rotatable bonds is 7. The molecule has 1 fully saturated rings. The Kier molecular flexibility index (Phi) is 5.46. The fourth-order valence-corrected chi connectivity index (χ4v) is 2.29. The third kappa shape index (κ3) is 5.81. The van der Waals surface area contributed by atoms with Crippen molar-refractivity contribution >= 4 is 23.4 Å². The SMILES string of the molecule is FC(F)(F)SCCOc1ccc(CNC2CC2)cc1Cl. The third-order valence-corrected chi connectivity index (χ3v) is 3.77. The Morgan fingerprint density at radius 1 is 1.35 bits per heavy atom. The molecular formula is C13H15ClF3NOS. The molecule has 1 aliphatic carbocycles. The third-order valence-electron chi connectivity index (χ3n) is 2.78. The Labute approximate surface area is 125 Å². The van der Waals surface area contributed by atoms with Crippen molar-refractivity contribution in [1.29, 1.82) is 0 Å². The van der Waals surface area contributed by atoms with Crippen LogP contribution in [-0.4, -0.2) is 23.9 Å². The first-order valence-electron chi connectivity index (χ1n) is 6.29. The van der Waals surface area contributed by atoms with E-state index in [1.165, 1.54) is 12.8 Å². The van der Waals surface area contributed by atoms with E-state index in [9.17, 15) is 13.2 Å². The first kappa shape index (κ1) is 15.8. The van der Waals surface area contributed by atoms with Crippen LogP contribution < -0.4 is 10.1 Å². The zero-order valence-electron chi connectivity index (χ0n) is 10.7. The van der Waals surface area contributed by atoms with Crippen molar-refractivity contribution in [2.24, 2.45) is 0 Å². The molecule has 0 saturated heterocycles. The molecule has 0 aromatic heterocycles. The summed E-state index contributed by atoms with van der Waals surface area (Å²) in [6.45, 7) is 0.720. The van der Waals surface area contributed by atoms with E-state index < -0.39 is 5.51 Å². The molecule has 0 spiro atoms. The zero-order valence-corrected chi connectivity index (χ0v) is 12.2. The molecule has 0 amide bonds. The van der Waals surface area contributed by atoms with Crippen molar-refractivity contribution in [1.82, 2.24) is 5.32 Å². The molecule has 20 heavy (non-hydrogen) atoms. The highest BCUT2D eigenvalue weighted by Gasteiger charge is 2.27. The maximum atomic E-state index is 11.9. The van der Waals surface area contributed by atoms with Crippen LogP contribution in [0.25, 0.3) is 0 Å². The average molecular weight is 326 g/mol. The van der Waals surface area contributed by atoms with Crippen molar-refractivity contribution in [3.63, 3.8) is 0 Å². The summed E-state index contributed by atoms with van der Waals surface area (Å²) in [5.41, 5.74) is -3.18. The topological polar surface area (TPSA) is 21.3 Å². The first-order valence-corrected chi connectivity index (χ1v) is 7.66. The second-order valence-electron chi connectivity index (χ2n) is 4.56. The maximum Gasteiger partial charge on any atom is 0.441 e. The predicted octanol–water partition coefficient (Wildman–Crippen LogP) is 4.22. The van der Waals surface area contributed by atoms with Gasteiger partial charge in [0.05, 0.1) is 11.6 Å². The molecule has 1 aromatic rings. The lowest BCUT2D eigenvalue weighted by Gasteiger charge is -2.10. The molecule has 0 heterocycles. The van der Waals surface area contributed by atoms with Crippen LogP contribution in [0.4, 0.5) is 13.2 Å². The smallest absolute Gasteiger partial charge is 0.441 e. The Hall–Kier alpha value is -0.590. The van der Waals surface area contributed by atoms with Crippen molar-refractivity contribution in [3.05, 3.63) is 28.8 Å². The van der Waals surface area contributed by atoms with Crippen LogP contribution in [0.5, 0.6) is 5.75 Å². The second-order valence-corrected chi connectivity index (χ2v) is 6.13. The lowest BCUT2D eigenvalue weighted by Crippen LogP contribution is -2.15. The number of halogens is 4. The van der Waals surface area contributed by atoms with Gasteiger partial charge >= 0.3 is 5.51 Å². The van der Waals surface area contributed by atoms with Crippen molar-refractivity contribution < 1.29 is 17.9 Å². The molecule has 0 unspecified atom stereocenters. The van der Waals surface area contributed by atoms with Crippen LogP contribution in [-0.2, 0) is 6.54 Å². The largest absolute Gasteiger partial charge is 0.491 e. The van der Waals surface area contributed by atoms with Crippen LogP contribution >= 0.6 is 23.4 Å². The summed E-state index contributed by atoms with van der Waals surface area (Å²) in [5.74, 6) is 0.273. The van der Waals surface area contributed by atoms with Crippen molar-refractivity contribution in [2.45, 2.75) is 30.9 Å². The molecule has 1 aromatic carbocycles. The summed E-state index contributed by atoms with van der Waals surface area (Å²) >= 11 is 5.95. The quantitative estimate of drug-likeness (QED) is 0.758. The van der Waals surface area contributed by atoms with Crippen LogP contribution in [0.1, 0.15) is 18.4 Å². The van der Waals surface area contributed by atoms with Gasteiger partial charge < -0.3 is 10.1 Å². The molecule has 1 saturated carbocycles. The Balaban J connectivity index is 1.76. The highest BCUT2D eigenvalue weighted by molar-refractivity contribution is 8.00. The molecule has 2 nitrogen and oxygen atoms in total. The van der Waals surface area contributed by atoms with E-state index in [1.54, 1.807) is 12.1 Å². The Morgan fingerprint density at radius 3 is 2.70 bits per heavy atom. The summed E-state index contributed by atoms with van der Waals surface area (Å²) in [6.07, 6.45) is 2.43. The van der Waals surface area contributed by atoms with Crippen molar-refractivity contribution in [3.8, 4) is 5.75 Å². The van der Waals surface area contributed by atoms with Gasteiger partial charge in [-0.05, 0) is 42.3 Å². The maximum absolute atomic E-state index is 11.9. The summed E-state index contributed by atoms with van der Waals surface area (Å²) in [7, 11) is 0. The van der Waals surface area contributed by atoms with Gasteiger partial charge in [-0.2, -0.15) is 13.2 Å². The monoisotopic (exact) mass is 325 g/mol. The highest BCUT2D eigenvalue weighted by atomic mass is 35.5. The minimum absolute atomic E-state index is 0.0242. The van der Waals surface area contributed by atoms with Crippen molar-refractivity contribution in [2.75, 3.05) is 12.4 Å². The molecule has 1 N–H and O–H groups in total. The molecule has 0 aliphatic heterocycles. The lowest BCUT2D eigenvalue weighted by molar-refractivity contribution is -0.0329. The van der Waals surface area contributed by atoms with Gasteiger partial charge in [0.1, 0.15) is 5.75 Å².